The van der Waals surface area contributed by atoms with Crippen LogP contribution in [0, 0.1) is 5.82 Å². The van der Waals surface area contributed by atoms with E-state index < -0.39 is 11.8 Å². The minimum Gasteiger partial charge on any atom is -0.369 e. The molecule has 0 saturated carbocycles. The van der Waals surface area contributed by atoms with E-state index in [1.807, 2.05) is 55.5 Å². The van der Waals surface area contributed by atoms with Crippen LogP contribution in [0.2, 0.25) is 0 Å². The van der Waals surface area contributed by atoms with Crippen LogP contribution in [0.1, 0.15) is 25.0 Å². The molecule has 0 bridgehead atoms. The summed E-state index contributed by atoms with van der Waals surface area (Å²) in [5, 5.41) is 6.88. The molecule has 0 radical (unpaired) electrons. The van der Waals surface area contributed by atoms with E-state index >= 15 is 0 Å². The van der Waals surface area contributed by atoms with Gasteiger partial charge in [0, 0.05) is 5.56 Å². The summed E-state index contributed by atoms with van der Waals surface area (Å²) in [6.45, 7) is 1.91. The van der Waals surface area contributed by atoms with Crippen LogP contribution in [0.25, 0.3) is 27.7 Å². The Labute approximate surface area is 162 Å². The van der Waals surface area contributed by atoms with Crippen LogP contribution >= 0.6 is 0 Å². The van der Waals surface area contributed by atoms with Crippen LogP contribution in [-0.4, -0.2) is 15.7 Å². The molecule has 1 heterocycles. The van der Waals surface area contributed by atoms with Crippen molar-refractivity contribution in [1.82, 2.24) is 9.78 Å². The van der Waals surface area contributed by atoms with Crippen molar-refractivity contribution in [3.63, 3.8) is 0 Å². The van der Waals surface area contributed by atoms with Gasteiger partial charge in [0.1, 0.15) is 5.82 Å². The first-order valence-electron chi connectivity index (χ1n) is 9.21. The van der Waals surface area contributed by atoms with Crippen molar-refractivity contribution in [3.05, 3.63) is 84.3 Å². The van der Waals surface area contributed by atoms with E-state index in [9.17, 15) is 9.18 Å². The van der Waals surface area contributed by atoms with E-state index in [2.05, 4.69) is 0 Å². The predicted molar refractivity (Wildman–Crippen MR) is 109 cm³/mol. The van der Waals surface area contributed by atoms with Crippen molar-refractivity contribution in [1.29, 1.82) is 0 Å². The molecule has 0 aliphatic heterocycles. The minimum absolute atomic E-state index is 0.332. The molecule has 1 unspecified atom stereocenters. The largest absolute Gasteiger partial charge is 0.369 e. The Morgan fingerprint density at radius 1 is 1.04 bits per heavy atom. The van der Waals surface area contributed by atoms with E-state index in [1.165, 1.54) is 12.1 Å². The topological polar surface area (TPSA) is 60.9 Å². The molecule has 0 saturated heterocycles. The number of halogens is 1. The number of rotatable bonds is 5. The molecule has 140 valence electrons. The molecule has 1 aromatic heterocycles. The standard InChI is InChI=1S/C23H20FN3O/c1-2-20(23(25)28)22-14-21(17-8-5-9-18(24)12-17)26-27(22)19-11-10-15-6-3-4-7-16(15)13-19/h3-14,20H,2H2,1H3,(H2,25,28). The van der Waals surface area contributed by atoms with Crippen molar-refractivity contribution in [2.45, 2.75) is 19.3 Å². The molecule has 1 amide bonds. The molecule has 4 rings (SSSR count). The fraction of sp³-hybridized carbons (Fsp3) is 0.130. The lowest BCUT2D eigenvalue weighted by atomic mass is 10.00. The van der Waals surface area contributed by atoms with Crippen molar-refractivity contribution in [2.24, 2.45) is 5.73 Å². The van der Waals surface area contributed by atoms with E-state index in [4.69, 9.17) is 10.8 Å². The molecule has 1 atom stereocenters. The number of hydrogen-bond donors (Lipinski definition) is 1. The van der Waals surface area contributed by atoms with Crippen LogP contribution in [0.5, 0.6) is 0 Å². The van der Waals surface area contributed by atoms with E-state index in [-0.39, 0.29) is 5.82 Å². The van der Waals surface area contributed by atoms with Gasteiger partial charge in [-0.2, -0.15) is 5.10 Å². The van der Waals surface area contributed by atoms with E-state index in [1.54, 1.807) is 16.8 Å². The molecule has 28 heavy (non-hydrogen) atoms. The predicted octanol–water partition coefficient (Wildman–Crippen LogP) is 4.81. The summed E-state index contributed by atoms with van der Waals surface area (Å²) in [6, 6.07) is 22.1. The lowest BCUT2D eigenvalue weighted by molar-refractivity contribution is -0.119. The van der Waals surface area contributed by atoms with Crippen molar-refractivity contribution >= 4 is 16.7 Å². The fourth-order valence-electron chi connectivity index (χ4n) is 3.50. The Balaban J connectivity index is 1.91. The number of carbonyl (C=O) groups excluding carboxylic acids is 1. The van der Waals surface area contributed by atoms with Crippen LogP contribution in [-0.2, 0) is 4.79 Å². The maximum Gasteiger partial charge on any atom is 0.226 e. The smallest absolute Gasteiger partial charge is 0.226 e. The van der Waals surface area contributed by atoms with Crippen LogP contribution < -0.4 is 5.73 Å². The molecule has 0 aliphatic carbocycles. The third kappa shape index (κ3) is 3.27. The Hall–Kier alpha value is -3.47. The Morgan fingerprint density at radius 2 is 1.82 bits per heavy atom. The molecule has 4 aromatic rings. The monoisotopic (exact) mass is 373 g/mol. The lowest BCUT2D eigenvalue weighted by Gasteiger charge is -2.14. The molecule has 0 fully saturated rings. The zero-order valence-electron chi connectivity index (χ0n) is 15.5. The third-order valence-corrected chi connectivity index (χ3v) is 4.94. The van der Waals surface area contributed by atoms with Gasteiger partial charge in [-0.15, -0.1) is 0 Å². The van der Waals surface area contributed by atoms with Crippen molar-refractivity contribution in [2.75, 3.05) is 0 Å². The molecule has 3 aromatic carbocycles. The molecule has 0 aliphatic rings. The summed E-state index contributed by atoms with van der Waals surface area (Å²) in [5.41, 5.74) is 8.43. The number of primary amides is 1. The van der Waals surface area contributed by atoms with E-state index in [0.717, 1.165) is 16.5 Å². The maximum atomic E-state index is 13.7. The summed E-state index contributed by atoms with van der Waals surface area (Å²) < 4.78 is 15.4. The van der Waals surface area contributed by atoms with Gasteiger partial charge in [-0.05, 0) is 47.5 Å². The first-order chi connectivity index (χ1) is 13.6. The number of aromatic nitrogens is 2. The van der Waals surface area contributed by atoms with Gasteiger partial charge in [0.05, 0.1) is 23.0 Å². The van der Waals surface area contributed by atoms with Crippen molar-refractivity contribution < 1.29 is 9.18 Å². The highest BCUT2D eigenvalue weighted by atomic mass is 19.1. The molecule has 2 N–H and O–H groups in total. The third-order valence-electron chi connectivity index (χ3n) is 4.94. The normalized spacial score (nSPS) is 12.2. The SMILES string of the molecule is CCC(C(N)=O)c1cc(-c2cccc(F)c2)nn1-c1ccc2ccccc2c1. The molecular weight excluding hydrogens is 353 g/mol. The Morgan fingerprint density at radius 3 is 2.54 bits per heavy atom. The summed E-state index contributed by atoms with van der Waals surface area (Å²) in [6.07, 6.45) is 0.553. The first-order valence-corrected chi connectivity index (χ1v) is 9.21. The summed E-state index contributed by atoms with van der Waals surface area (Å²) in [7, 11) is 0. The van der Waals surface area contributed by atoms with Gasteiger partial charge >= 0.3 is 0 Å². The van der Waals surface area contributed by atoms with Gasteiger partial charge in [0.25, 0.3) is 0 Å². The number of nitrogens with zero attached hydrogens (tertiary/aromatic N) is 2. The lowest BCUT2D eigenvalue weighted by Crippen LogP contribution is -2.23. The van der Waals surface area contributed by atoms with Gasteiger partial charge in [0.15, 0.2) is 0 Å². The van der Waals surface area contributed by atoms with E-state index in [0.29, 0.717) is 23.4 Å². The number of benzene rings is 3. The average Bonchev–Trinajstić information content (AvgIpc) is 3.13. The second-order valence-electron chi connectivity index (χ2n) is 6.77. The Bertz CT molecular complexity index is 1170. The molecule has 4 nitrogen and oxygen atoms in total. The summed E-state index contributed by atoms with van der Waals surface area (Å²) >= 11 is 0. The number of hydrogen-bond acceptors (Lipinski definition) is 2. The highest BCUT2D eigenvalue weighted by Gasteiger charge is 2.23. The highest BCUT2D eigenvalue weighted by molar-refractivity contribution is 5.85. The van der Waals surface area contributed by atoms with Crippen LogP contribution in [0.4, 0.5) is 4.39 Å². The summed E-state index contributed by atoms with van der Waals surface area (Å²) in [5.74, 6) is -1.22. The quantitative estimate of drug-likeness (QED) is 0.546. The van der Waals surface area contributed by atoms with Crippen molar-refractivity contribution in [3.8, 4) is 16.9 Å². The number of nitrogens with two attached hydrogens (primary N) is 1. The van der Waals surface area contributed by atoms with Gasteiger partial charge in [-0.1, -0.05) is 49.4 Å². The van der Waals surface area contributed by atoms with Gasteiger partial charge in [-0.3, -0.25) is 4.79 Å². The van der Waals surface area contributed by atoms with Gasteiger partial charge in [-0.25, -0.2) is 9.07 Å². The maximum absolute atomic E-state index is 13.7. The summed E-state index contributed by atoms with van der Waals surface area (Å²) in [4.78, 5) is 12.0. The second kappa shape index (κ2) is 7.27. The number of amides is 1. The molecule has 0 spiro atoms. The fourth-order valence-corrected chi connectivity index (χ4v) is 3.50. The zero-order valence-corrected chi connectivity index (χ0v) is 15.5. The molecular formula is C23H20FN3O. The Kier molecular flexibility index (Phi) is 4.65. The molecule has 5 heteroatoms. The van der Waals surface area contributed by atoms with Gasteiger partial charge < -0.3 is 5.73 Å². The second-order valence-corrected chi connectivity index (χ2v) is 6.77. The average molecular weight is 373 g/mol. The van der Waals surface area contributed by atoms with Crippen LogP contribution in [0.3, 0.4) is 0 Å². The number of carbonyl (C=O) groups is 1. The number of fused-ring (bicyclic) bond motifs is 1. The first kappa shape index (κ1) is 17.9. The van der Waals surface area contributed by atoms with Gasteiger partial charge in [0.2, 0.25) is 5.91 Å². The minimum atomic E-state index is -0.485. The zero-order chi connectivity index (χ0) is 19.7. The highest BCUT2D eigenvalue weighted by Crippen LogP contribution is 2.29. The van der Waals surface area contributed by atoms with Crippen LogP contribution in [0.15, 0.2) is 72.8 Å².